The van der Waals surface area contributed by atoms with Crippen molar-refractivity contribution in [2.24, 2.45) is 0 Å². The Morgan fingerprint density at radius 3 is 2.10 bits per heavy atom. The standard InChI is InChI=1S/C17H18O3/c18-16(13-7-3-1-4-8-13)17(20-12-15-11-19-15)14-9-5-2-6-10-14/h1-10,15-18H,11-12H2/t15-,16+,17+/m0/s1. The average molecular weight is 270 g/mol. The summed E-state index contributed by atoms with van der Waals surface area (Å²) in [4.78, 5) is 0. The molecule has 20 heavy (non-hydrogen) atoms. The van der Waals surface area contributed by atoms with Crippen molar-refractivity contribution in [3.05, 3.63) is 71.8 Å². The Labute approximate surface area is 118 Å². The smallest absolute Gasteiger partial charge is 0.113 e. The van der Waals surface area contributed by atoms with Crippen LogP contribution in [0.25, 0.3) is 0 Å². The van der Waals surface area contributed by atoms with Crippen LogP contribution in [0.15, 0.2) is 60.7 Å². The van der Waals surface area contributed by atoms with Gasteiger partial charge >= 0.3 is 0 Å². The van der Waals surface area contributed by atoms with E-state index in [2.05, 4.69) is 0 Å². The van der Waals surface area contributed by atoms with E-state index in [4.69, 9.17) is 9.47 Å². The van der Waals surface area contributed by atoms with E-state index in [1.54, 1.807) is 0 Å². The molecule has 0 unspecified atom stereocenters. The Bertz CT molecular complexity index is 522. The molecule has 104 valence electrons. The predicted molar refractivity (Wildman–Crippen MR) is 76.3 cm³/mol. The summed E-state index contributed by atoms with van der Waals surface area (Å²) in [5, 5.41) is 10.6. The molecule has 1 fully saturated rings. The molecule has 0 bridgehead atoms. The van der Waals surface area contributed by atoms with Gasteiger partial charge in [-0.25, -0.2) is 0 Å². The van der Waals surface area contributed by atoms with Crippen LogP contribution >= 0.6 is 0 Å². The second-order valence-corrected chi connectivity index (χ2v) is 4.98. The molecular formula is C17H18O3. The van der Waals surface area contributed by atoms with Crippen LogP contribution in [-0.2, 0) is 9.47 Å². The highest BCUT2D eigenvalue weighted by molar-refractivity contribution is 5.25. The maximum absolute atomic E-state index is 10.6. The highest BCUT2D eigenvalue weighted by atomic mass is 16.6. The van der Waals surface area contributed by atoms with E-state index >= 15 is 0 Å². The molecule has 0 aliphatic carbocycles. The molecule has 0 aromatic heterocycles. The summed E-state index contributed by atoms with van der Waals surface area (Å²) in [5.74, 6) is 0. The summed E-state index contributed by atoms with van der Waals surface area (Å²) in [6.45, 7) is 1.27. The summed E-state index contributed by atoms with van der Waals surface area (Å²) >= 11 is 0. The first-order valence-corrected chi connectivity index (χ1v) is 6.86. The first kappa shape index (κ1) is 13.3. The van der Waals surface area contributed by atoms with Crippen molar-refractivity contribution in [2.75, 3.05) is 13.2 Å². The topological polar surface area (TPSA) is 42.0 Å². The van der Waals surface area contributed by atoms with Gasteiger partial charge in [0.1, 0.15) is 18.3 Å². The Hall–Kier alpha value is -1.68. The molecule has 3 heteroatoms. The fourth-order valence-corrected chi connectivity index (χ4v) is 2.21. The third-order valence-corrected chi connectivity index (χ3v) is 3.42. The lowest BCUT2D eigenvalue weighted by Gasteiger charge is -2.24. The lowest BCUT2D eigenvalue weighted by Crippen LogP contribution is -2.17. The van der Waals surface area contributed by atoms with Crippen LogP contribution in [0.1, 0.15) is 23.3 Å². The second-order valence-electron chi connectivity index (χ2n) is 4.98. The number of aliphatic hydroxyl groups excluding tert-OH is 1. The van der Waals surface area contributed by atoms with Gasteiger partial charge in [-0.15, -0.1) is 0 Å². The minimum atomic E-state index is -0.683. The van der Waals surface area contributed by atoms with Crippen LogP contribution in [-0.4, -0.2) is 24.4 Å². The fourth-order valence-electron chi connectivity index (χ4n) is 2.21. The van der Waals surface area contributed by atoms with Crippen LogP contribution < -0.4 is 0 Å². The van der Waals surface area contributed by atoms with Crippen LogP contribution in [0.4, 0.5) is 0 Å². The summed E-state index contributed by atoms with van der Waals surface area (Å²) in [7, 11) is 0. The normalized spacial score (nSPS) is 20.4. The highest BCUT2D eigenvalue weighted by Gasteiger charge is 2.28. The van der Waals surface area contributed by atoms with Gasteiger partial charge in [0.05, 0.1) is 13.2 Å². The number of hydrogen-bond acceptors (Lipinski definition) is 3. The zero-order valence-electron chi connectivity index (χ0n) is 11.2. The fraction of sp³-hybridized carbons (Fsp3) is 0.294. The summed E-state index contributed by atoms with van der Waals surface area (Å²) < 4.78 is 11.1. The Morgan fingerprint density at radius 2 is 1.55 bits per heavy atom. The molecule has 2 aromatic carbocycles. The number of hydrogen-bond donors (Lipinski definition) is 1. The van der Waals surface area contributed by atoms with Crippen LogP contribution in [0.3, 0.4) is 0 Å². The van der Waals surface area contributed by atoms with Crippen molar-refractivity contribution in [2.45, 2.75) is 18.3 Å². The van der Waals surface area contributed by atoms with Gasteiger partial charge in [-0.05, 0) is 11.1 Å². The third kappa shape index (κ3) is 3.25. The molecule has 3 nitrogen and oxygen atoms in total. The third-order valence-electron chi connectivity index (χ3n) is 3.42. The Morgan fingerprint density at radius 1 is 1.00 bits per heavy atom. The quantitative estimate of drug-likeness (QED) is 0.821. The van der Waals surface area contributed by atoms with E-state index in [0.29, 0.717) is 6.61 Å². The molecule has 1 N–H and O–H groups in total. The molecule has 1 heterocycles. The van der Waals surface area contributed by atoms with Crippen molar-refractivity contribution >= 4 is 0 Å². The van der Waals surface area contributed by atoms with Gasteiger partial charge in [0, 0.05) is 0 Å². The number of benzene rings is 2. The summed E-state index contributed by atoms with van der Waals surface area (Å²) in [6.07, 6.45) is -0.871. The molecule has 1 aliphatic rings. The zero-order valence-corrected chi connectivity index (χ0v) is 11.2. The first-order chi connectivity index (χ1) is 9.84. The minimum Gasteiger partial charge on any atom is -0.385 e. The maximum Gasteiger partial charge on any atom is 0.113 e. The molecule has 0 amide bonds. The number of rotatable bonds is 6. The van der Waals surface area contributed by atoms with Crippen molar-refractivity contribution in [1.29, 1.82) is 0 Å². The first-order valence-electron chi connectivity index (χ1n) is 6.86. The minimum absolute atomic E-state index is 0.184. The number of ether oxygens (including phenoxy) is 2. The molecule has 0 saturated carbocycles. The summed E-state index contributed by atoms with van der Waals surface area (Å²) in [5.41, 5.74) is 1.84. The van der Waals surface area contributed by atoms with Crippen molar-refractivity contribution < 1.29 is 14.6 Å². The number of epoxide rings is 1. The largest absolute Gasteiger partial charge is 0.385 e. The van der Waals surface area contributed by atoms with E-state index in [9.17, 15) is 5.11 Å². The van der Waals surface area contributed by atoms with E-state index in [1.165, 1.54) is 0 Å². The van der Waals surface area contributed by atoms with Gasteiger partial charge in [0.25, 0.3) is 0 Å². The molecule has 0 spiro atoms. The van der Waals surface area contributed by atoms with Crippen LogP contribution in [0.2, 0.25) is 0 Å². The van der Waals surface area contributed by atoms with Gasteiger partial charge in [-0.3, -0.25) is 0 Å². The van der Waals surface area contributed by atoms with Gasteiger partial charge in [0.2, 0.25) is 0 Å². The SMILES string of the molecule is O[C@H](c1ccccc1)[C@H](OC[C@@H]1CO1)c1ccccc1. The molecule has 3 atom stereocenters. The maximum atomic E-state index is 10.6. The van der Waals surface area contributed by atoms with Gasteiger partial charge in [0.15, 0.2) is 0 Å². The second kappa shape index (κ2) is 6.18. The molecule has 1 aliphatic heterocycles. The molecule has 1 saturated heterocycles. The number of aliphatic hydroxyl groups is 1. The van der Waals surface area contributed by atoms with E-state index in [0.717, 1.165) is 17.7 Å². The van der Waals surface area contributed by atoms with Crippen molar-refractivity contribution in [3.8, 4) is 0 Å². The highest BCUT2D eigenvalue weighted by Crippen LogP contribution is 2.32. The monoisotopic (exact) mass is 270 g/mol. The predicted octanol–water partition coefficient (Wildman–Crippen LogP) is 2.88. The van der Waals surface area contributed by atoms with Crippen LogP contribution in [0, 0.1) is 0 Å². The lowest BCUT2D eigenvalue weighted by molar-refractivity contribution is -0.0456. The zero-order chi connectivity index (χ0) is 13.8. The molecular weight excluding hydrogens is 252 g/mol. The van der Waals surface area contributed by atoms with Gasteiger partial charge < -0.3 is 14.6 Å². The average Bonchev–Trinajstić information content (AvgIpc) is 3.33. The van der Waals surface area contributed by atoms with Crippen LogP contribution in [0.5, 0.6) is 0 Å². The van der Waals surface area contributed by atoms with E-state index in [1.807, 2.05) is 60.7 Å². The van der Waals surface area contributed by atoms with Gasteiger partial charge in [-0.2, -0.15) is 0 Å². The van der Waals surface area contributed by atoms with Crippen molar-refractivity contribution in [3.63, 3.8) is 0 Å². The lowest BCUT2D eigenvalue weighted by atomic mass is 9.98. The Balaban J connectivity index is 1.80. The van der Waals surface area contributed by atoms with E-state index in [-0.39, 0.29) is 12.2 Å². The molecule has 3 rings (SSSR count). The Kier molecular flexibility index (Phi) is 4.11. The summed E-state index contributed by atoms with van der Waals surface area (Å²) in [6, 6.07) is 19.4. The van der Waals surface area contributed by atoms with Crippen molar-refractivity contribution in [1.82, 2.24) is 0 Å². The molecule has 2 aromatic rings. The van der Waals surface area contributed by atoms with Gasteiger partial charge in [-0.1, -0.05) is 60.7 Å². The molecule has 0 radical (unpaired) electrons. The van der Waals surface area contributed by atoms with E-state index < -0.39 is 6.10 Å².